The number of allylic oxidation sites excluding steroid dienone is 2. The number of fused-ring (bicyclic) bond motifs is 1. The number of anilines is 1. The molecule has 7 heteroatoms. The highest BCUT2D eigenvalue weighted by molar-refractivity contribution is 7.99. The highest BCUT2D eigenvalue weighted by atomic mass is 32.2. The zero-order chi connectivity index (χ0) is 19.7. The van der Waals surface area contributed by atoms with E-state index in [0.29, 0.717) is 40.0 Å². The zero-order valence-electron chi connectivity index (χ0n) is 15.6. The van der Waals surface area contributed by atoms with Crippen molar-refractivity contribution < 1.29 is 9.53 Å². The van der Waals surface area contributed by atoms with Crippen molar-refractivity contribution in [3.63, 3.8) is 0 Å². The minimum Gasteiger partial charge on any atom is -0.497 e. The van der Waals surface area contributed by atoms with Crippen LogP contribution in [0.1, 0.15) is 36.3 Å². The number of carbonyl (C=O) groups is 1. The lowest BCUT2D eigenvalue weighted by Crippen LogP contribution is -2.32. The van der Waals surface area contributed by atoms with Crippen LogP contribution in [0, 0.1) is 0 Å². The van der Waals surface area contributed by atoms with Crippen LogP contribution >= 0.6 is 11.8 Å². The van der Waals surface area contributed by atoms with Crippen molar-refractivity contribution in [1.82, 2.24) is 9.97 Å². The van der Waals surface area contributed by atoms with Crippen LogP contribution in [0.25, 0.3) is 0 Å². The third kappa shape index (κ3) is 3.26. The molecule has 6 nitrogen and oxygen atoms in total. The topological polar surface area (TPSA) is 84.1 Å². The SMILES string of the molecule is C=CCSc1nc2c(c(=O)[nH]1)[C@@H](c1cccc(OC)c1)C1=C(CCCC1=O)N2. The van der Waals surface area contributed by atoms with E-state index in [1.165, 1.54) is 11.8 Å². The average molecular weight is 395 g/mol. The van der Waals surface area contributed by atoms with Crippen LogP contribution in [-0.4, -0.2) is 28.6 Å². The summed E-state index contributed by atoms with van der Waals surface area (Å²) in [5.74, 6) is 1.48. The molecule has 0 radical (unpaired) electrons. The first-order chi connectivity index (χ1) is 13.6. The first-order valence-electron chi connectivity index (χ1n) is 9.17. The molecule has 0 saturated carbocycles. The fourth-order valence-corrected chi connectivity index (χ4v) is 4.40. The van der Waals surface area contributed by atoms with Crippen LogP contribution in [0.3, 0.4) is 0 Å². The molecule has 0 spiro atoms. The van der Waals surface area contributed by atoms with Crippen LogP contribution in [0.15, 0.2) is 58.1 Å². The summed E-state index contributed by atoms with van der Waals surface area (Å²) in [5.41, 5.74) is 2.63. The van der Waals surface area contributed by atoms with Gasteiger partial charge in [0.05, 0.1) is 12.7 Å². The van der Waals surface area contributed by atoms with E-state index in [2.05, 4.69) is 21.9 Å². The number of methoxy groups -OCH3 is 1. The predicted octanol–water partition coefficient (Wildman–Crippen LogP) is 3.62. The second-order valence-electron chi connectivity index (χ2n) is 6.74. The molecule has 1 atom stereocenters. The quantitative estimate of drug-likeness (QED) is 0.457. The molecular formula is C21H21N3O3S. The number of rotatable bonds is 5. The molecule has 0 saturated heterocycles. The van der Waals surface area contributed by atoms with E-state index in [9.17, 15) is 9.59 Å². The molecular weight excluding hydrogens is 374 g/mol. The number of ketones is 1. The molecule has 0 fully saturated rings. The van der Waals surface area contributed by atoms with Gasteiger partial charge in [0.2, 0.25) is 0 Å². The standard InChI is InChI=1S/C21H21N3O3S/c1-3-10-28-21-23-19-18(20(26)24-21)16(12-6-4-7-13(11-12)27-2)17-14(22-19)8-5-9-15(17)25/h3-4,6-7,11,16H,1,5,8-10H2,2H3,(H2,22,23,24,26)/t16-/m0/s1. The number of thioether (sulfide) groups is 1. The summed E-state index contributed by atoms with van der Waals surface area (Å²) in [6, 6.07) is 7.53. The number of hydrogen-bond acceptors (Lipinski definition) is 6. The minimum absolute atomic E-state index is 0.0803. The van der Waals surface area contributed by atoms with E-state index >= 15 is 0 Å². The van der Waals surface area contributed by atoms with Crippen molar-refractivity contribution in [2.75, 3.05) is 18.2 Å². The largest absolute Gasteiger partial charge is 0.497 e. The molecule has 2 N–H and O–H groups in total. The van der Waals surface area contributed by atoms with E-state index in [1.807, 2.05) is 24.3 Å². The number of nitrogens with one attached hydrogen (secondary N) is 2. The Bertz CT molecular complexity index is 1040. The molecule has 28 heavy (non-hydrogen) atoms. The third-order valence-electron chi connectivity index (χ3n) is 5.00. The van der Waals surface area contributed by atoms with Gasteiger partial charge in [-0.1, -0.05) is 30.0 Å². The van der Waals surface area contributed by atoms with Crippen molar-refractivity contribution in [2.45, 2.75) is 30.3 Å². The van der Waals surface area contributed by atoms with Gasteiger partial charge in [0, 0.05) is 29.4 Å². The van der Waals surface area contributed by atoms with Crippen LogP contribution in [0.5, 0.6) is 5.75 Å². The number of H-pyrrole nitrogens is 1. The third-order valence-corrected chi connectivity index (χ3v) is 5.87. The molecule has 1 aliphatic carbocycles. The van der Waals surface area contributed by atoms with Gasteiger partial charge in [-0.2, -0.15) is 0 Å². The predicted molar refractivity (Wildman–Crippen MR) is 110 cm³/mol. The van der Waals surface area contributed by atoms with Crippen LogP contribution in [-0.2, 0) is 4.79 Å². The summed E-state index contributed by atoms with van der Waals surface area (Å²) in [5, 5.41) is 3.81. The summed E-state index contributed by atoms with van der Waals surface area (Å²) in [7, 11) is 1.60. The molecule has 1 aliphatic heterocycles. The molecule has 2 aromatic rings. The first-order valence-corrected chi connectivity index (χ1v) is 10.2. The minimum atomic E-state index is -0.455. The van der Waals surface area contributed by atoms with E-state index in [4.69, 9.17) is 4.74 Å². The lowest BCUT2D eigenvalue weighted by Gasteiger charge is -2.32. The summed E-state index contributed by atoms with van der Waals surface area (Å²) in [6.45, 7) is 3.70. The lowest BCUT2D eigenvalue weighted by molar-refractivity contribution is -0.116. The average Bonchev–Trinajstić information content (AvgIpc) is 2.71. The Balaban J connectivity index is 1.91. The molecule has 0 unspecified atom stereocenters. The van der Waals surface area contributed by atoms with E-state index in [-0.39, 0.29) is 11.3 Å². The maximum atomic E-state index is 13.0. The number of ether oxygens (including phenoxy) is 1. The maximum Gasteiger partial charge on any atom is 0.257 e. The van der Waals surface area contributed by atoms with E-state index < -0.39 is 5.92 Å². The number of nitrogens with zero attached hydrogens (tertiary/aromatic N) is 1. The second kappa shape index (κ2) is 7.67. The second-order valence-corrected chi connectivity index (χ2v) is 7.75. The van der Waals surface area contributed by atoms with Gasteiger partial charge in [0.1, 0.15) is 11.6 Å². The van der Waals surface area contributed by atoms with Gasteiger partial charge in [-0.25, -0.2) is 4.98 Å². The van der Waals surface area contributed by atoms with E-state index in [0.717, 1.165) is 24.1 Å². The number of carbonyl (C=O) groups excluding carboxylic acids is 1. The van der Waals surface area contributed by atoms with Gasteiger partial charge < -0.3 is 15.0 Å². The monoisotopic (exact) mass is 395 g/mol. The van der Waals surface area contributed by atoms with Gasteiger partial charge in [-0.05, 0) is 30.5 Å². The summed E-state index contributed by atoms with van der Waals surface area (Å²) in [6.07, 6.45) is 3.82. The summed E-state index contributed by atoms with van der Waals surface area (Å²) < 4.78 is 5.36. The highest BCUT2D eigenvalue weighted by Crippen LogP contribution is 2.43. The lowest BCUT2D eigenvalue weighted by atomic mass is 9.76. The molecule has 1 aromatic heterocycles. The van der Waals surface area contributed by atoms with Crippen molar-refractivity contribution in [3.8, 4) is 5.75 Å². The molecule has 2 heterocycles. The summed E-state index contributed by atoms with van der Waals surface area (Å²) >= 11 is 1.41. The smallest absolute Gasteiger partial charge is 0.257 e. The Morgan fingerprint density at radius 2 is 2.21 bits per heavy atom. The first kappa shape index (κ1) is 18.6. The Hall–Kier alpha value is -2.80. The molecule has 0 bridgehead atoms. The number of aromatic amines is 1. The maximum absolute atomic E-state index is 13.0. The molecule has 144 valence electrons. The normalized spacial score (nSPS) is 18.2. The Kier molecular flexibility index (Phi) is 5.09. The van der Waals surface area contributed by atoms with Gasteiger partial charge >= 0.3 is 0 Å². The molecule has 4 rings (SSSR count). The highest BCUT2D eigenvalue weighted by Gasteiger charge is 2.37. The van der Waals surface area contributed by atoms with Gasteiger partial charge in [-0.3, -0.25) is 9.59 Å². The van der Waals surface area contributed by atoms with Crippen LogP contribution in [0.4, 0.5) is 5.82 Å². The number of benzene rings is 1. The van der Waals surface area contributed by atoms with Gasteiger partial charge in [-0.15, -0.1) is 6.58 Å². The number of hydrogen-bond donors (Lipinski definition) is 2. The Morgan fingerprint density at radius 1 is 1.36 bits per heavy atom. The summed E-state index contributed by atoms with van der Waals surface area (Å²) in [4.78, 5) is 33.3. The van der Waals surface area contributed by atoms with Gasteiger partial charge in [0.25, 0.3) is 5.56 Å². The van der Waals surface area contributed by atoms with Crippen molar-refractivity contribution in [1.29, 1.82) is 0 Å². The van der Waals surface area contributed by atoms with Crippen LogP contribution in [0.2, 0.25) is 0 Å². The Morgan fingerprint density at radius 3 is 3.00 bits per heavy atom. The molecule has 2 aliphatic rings. The number of aromatic nitrogens is 2. The number of Topliss-reactive ketones (excluding diaryl/α,β-unsaturated/α-hetero) is 1. The fraction of sp³-hybridized carbons (Fsp3) is 0.286. The van der Waals surface area contributed by atoms with Crippen molar-refractivity contribution >= 4 is 23.4 Å². The fourth-order valence-electron chi connectivity index (χ4n) is 3.80. The van der Waals surface area contributed by atoms with E-state index in [1.54, 1.807) is 13.2 Å². The van der Waals surface area contributed by atoms with Crippen molar-refractivity contribution in [2.24, 2.45) is 0 Å². The molecule has 0 amide bonds. The van der Waals surface area contributed by atoms with Gasteiger partial charge in [0.15, 0.2) is 10.9 Å². The van der Waals surface area contributed by atoms with Crippen molar-refractivity contribution in [3.05, 3.63) is 69.7 Å². The molecule has 1 aromatic carbocycles. The zero-order valence-corrected chi connectivity index (χ0v) is 16.4. The van der Waals surface area contributed by atoms with Crippen LogP contribution < -0.4 is 15.6 Å². The Labute approximate surface area is 167 Å².